The molecule has 0 atom stereocenters. The van der Waals surface area contributed by atoms with Gasteiger partial charge in [-0.25, -0.2) is 0 Å². The van der Waals surface area contributed by atoms with Crippen LogP contribution in [0.15, 0.2) is 11.6 Å². The van der Waals surface area contributed by atoms with Gasteiger partial charge >= 0.3 is 0 Å². The molecule has 0 unspecified atom stereocenters. The first-order chi connectivity index (χ1) is 4.95. The Hall–Kier alpha value is -0.300. The minimum Gasteiger partial charge on any atom is -0.309 e. The van der Waals surface area contributed by atoms with Crippen LogP contribution >= 0.6 is 0 Å². The molecule has 1 aliphatic heterocycles. The van der Waals surface area contributed by atoms with E-state index in [1.165, 1.54) is 25.7 Å². The third-order valence-electron chi connectivity index (χ3n) is 2.58. The van der Waals surface area contributed by atoms with Crippen LogP contribution in [0.4, 0.5) is 0 Å². The molecule has 0 aromatic heterocycles. The largest absolute Gasteiger partial charge is 0.309 e. The first kappa shape index (κ1) is 6.41. The molecule has 0 aromatic carbocycles. The highest BCUT2D eigenvalue weighted by Gasteiger charge is 2.15. The van der Waals surface area contributed by atoms with Crippen LogP contribution in [-0.4, -0.2) is 13.1 Å². The zero-order chi connectivity index (χ0) is 6.81. The van der Waals surface area contributed by atoms with E-state index in [2.05, 4.69) is 11.4 Å². The Morgan fingerprint density at radius 2 is 1.90 bits per heavy atom. The van der Waals surface area contributed by atoms with E-state index in [1.54, 1.807) is 5.57 Å². The van der Waals surface area contributed by atoms with Crippen molar-refractivity contribution in [2.24, 2.45) is 5.92 Å². The first-order valence-corrected chi connectivity index (χ1v) is 4.35. The van der Waals surface area contributed by atoms with Crippen molar-refractivity contribution in [2.45, 2.75) is 25.7 Å². The fourth-order valence-corrected chi connectivity index (χ4v) is 1.84. The van der Waals surface area contributed by atoms with E-state index in [9.17, 15) is 0 Å². The molecular formula is C9H15N. The molecule has 1 N–H and O–H groups in total. The Balaban J connectivity index is 1.87. The van der Waals surface area contributed by atoms with Gasteiger partial charge in [0.15, 0.2) is 0 Å². The minimum absolute atomic E-state index is 0.942. The molecule has 0 amide bonds. The Bertz CT molecular complexity index is 137. The molecule has 56 valence electrons. The van der Waals surface area contributed by atoms with Crippen molar-refractivity contribution in [1.29, 1.82) is 0 Å². The monoisotopic (exact) mass is 137 g/mol. The maximum absolute atomic E-state index is 3.27. The number of rotatable bonds is 1. The summed E-state index contributed by atoms with van der Waals surface area (Å²) in [5, 5.41) is 3.27. The van der Waals surface area contributed by atoms with Crippen LogP contribution in [0.25, 0.3) is 0 Å². The normalized spacial score (nSPS) is 26.6. The lowest BCUT2D eigenvalue weighted by Gasteiger charge is -2.20. The molecule has 10 heavy (non-hydrogen) atoms. The second kappa shape index (κ2) is 2.75. The predicted octanol–water partition coefficient (Wildman–Crippen LogP) is 1.71. The molecular weight excluding hydrogens is 122 g/mol. The molecule has 1 heteroatoms. The third kappa shape index (κ3) is 1.24. The van der Waals surface area contributed by atoms with Gasteiger partial charge in [0.1, 0.15) is 0 Å². The lowest BCUT2D eigenvalue weighted by molar-refractivity contribution is 0.620. The highest BCUT2D eigenvalue weighted by atomic mass is 14.9. The van der Waals surface area contributed by atoms with E-state index >= 15 is 0 Å². The highest BCUT2D eigenvalue weighted by Crippen LogP contribution is 2.27. The average Bonchev–Trinajstić information content (AvgIpc) is 2.29. The minimum atomic E-state index is 0.942. The summed E-state index contributed by atoms with van der Waals surface area (Å²) in [7, 11) is 0. The fourth-order valence-electron chi connectivity index (χ4n) is 1.84. The molecule has 0 spiro atoms. The van der Waals surface area contributed by atoms with Crippen molar-refractivity contribution in [1.82, 2.24) is 5.32 Å². The summed E-state index contributed by atoms with van der Waals surface area (Å²) >= 11 is 0. The second-order valence-electron chi connectivity index (χ2n) is 3.47. The van der Waals surface area contributed by atoms with Gasteiger partial charge in [-0.1, -0.05) is 18.9 Å². The summed E-state index contributed by atoms with van der Waals surface area (Å²) in [4.78, 5) is 0. The van der Waals surface area contributed by atoms with Gasteiger partial charge in [-0.2, -0.15) is 0 Å². The van der Waals surface area contributed by atoms with Crippen LogP contribution in [0.3, 0.4) is 0 Å². The van der Waals surface area contributed by atoms with Gasteiger partial charge in [-0.05, 0) is 24.3 Å². The maximum Gasteiger partial charge on any atom is 0.0180 e. The standard InChI is InChI=1S/C9H15N/c1-2-4-8(3-1)5-9-6-10-7-9/h5,8,10H,1-4,6-7H2. The molecule has 1 aliphatic carbocycles. The molecule has 0 bridgehead atoms. The average molecular weight is 137 g/mol. The summed E-state index contributed by atoms with van der Waals surface area (Å²) < 4.78 is 0. The summed E-state index contributed by atoms with van der Waals surface area (Å²) in [6, 6.07) is 0. The van der Waals surface area contributed by atoms with E-state index in [0.717, 1.165) is 19.0 Å². The van der Waals surface area contributed by atoms with E-state index in [1.807, 2.05) is 0 Å². The molecule has 1 nitrogen and oxygen atoms in total. The van der Waals surface area contributed by atoms with E-state index < -0.39 is 0 Å². The number of nitrogens with one attached hydrogen (secondary N) is 1. The predicted molar refractivity (Wildman–Crippen MR) is 42.9 cm³/mol. The van der Waals surface area contributed by atoms with Gasteiger partial charge in [-0.15, -0.1) is 0 Å². The molecule has 2 rings (SSSR count). The van der Waals surface area contributed by atoms with Crippen LogP contribution in [0, 0.1) is 5.92 Å². The molecule has 1 saturated carbocycles. The van der Waals surface area contributed by atoms with Gasteiger partial charge in [0.2, 0.25) is 0 Å². The van der Waals surface area contributed by atoms with Gasteiger partial charge in [0, 0.05) is 13.1 Å². The zero-order valence-electron chi connectivity index (χ0n) is 6.40. The lowest BCUT2D eigenvalue weighted by Crippen LogP contribution is -2.34. The SMILES string of the molecule is C(=C1CNC1)C1CCCC1. The van der Waals surface area contributed by atoms with Crippen LogP contribution in [0.1, 0.15) is 25.7 Å². The van der Waals surface area contributed by atoms with Gasteiger partial charge < -0.3 is 5.32 Å². The lowest BCUT2D eigenvalue weighted by atomic mass is 10.0. The number of allylic oxidation sites excluding steroid dienone is 1. The van der Waals surface area contributed by atoms with Crippen molar-refractivity contribution in [2.75, 3.05) is 13.1 Å². The van der Waals surface area contributed by atoms with Crippen LogP contribution in [-0.2, 0) is 0 Å². The van der Waals surface area contributed by atoms with Crippen molar-refractivity contribution in [3.63, 3.8) is 0 Å². The molecule has 0 radical (unpaired) electrons. The number of hydrogen-bond acceptors (Lipinski definition) is 1. The van der Waals surface area contributed by atoms with Crippen LogP contribution in [0.5, 0.6) is 0 Å². The molecule has 2 aliphatic rings. The van der Waals surface area contributed by atoms with Crippen molar-refractivity contribution in [3.8, 4) is 0 Å². The van der Waals surface area contributed by atoms with Crippen molar-refractivity contribution < 1.29 is 0 Å². The Kier molecular flexibility index (Phi) is 1.76. The second-order valence-corrected chi connectivity index (χ2v) is 3.47. The maximum atomic E-state index is 3.27. The Morgan fingerprint density at radius 1 is 1.20 bits per heavy atom. The quantitative estimate of drug-likeness (QED) is 0.542. The topological polar surface area (TPSA) is 12.0 Å². The molecule has 2 fully saturated rings. The summed E-state index contributed by atoms with van der Waals surface area (Å²) in [5.74, 6) is 0.942. The number of hydrogen-bond donors (Lipinski definition) is 1. The molecule has 0 aromatic rings. The van der Waals surface area contributed by atoms with E-state index in [0.29, 0.717) is 0 Å². The molecule has 1 saturated heterocycles. The first-order valence-electron chi connectivity index (χ1n) is 4.35. The van der Waals surface area contributed by atoms with Crippen molar-refractivity contribution >= 4 is 0 Å². The van der Waals surface area contributed by atoms with E-state index in [4.69, 9.17) is 0 Å². The summed E-state index contributed by atoms with van der Waals surface area (Å²) in [6.07, 6.45) is 8.32. The molecule has 1 heterocycles. The third-order valence-corrected chi connectivity index (χ3v) is 2.58. The van der Waals surface area contributed by atoms with Gasteiger partial charge in [0.05, 0.1) is 0 Å². The van der Waals surface area contributed by atoms with Gasteiger partial charge in [-0.3, -0.25) is 0 Å². The van der Waals surface area contributed by atoms with Crippen LogP contribution < -0.4 is 5.32 Å². The Labute approximate surface area is 62.5 Å². The fraction of sp³-hybridized carbons (Fsp3) is 0.778. The Morgan fingerprint density at radius 3 is 2.40 bits per heavy atom. The van der Waals surface area contributed by atoms with Crippen molar-refractivity contribution in [3.05, 3.63) is 11.6 Å². The highest BCUT2D eigenvalue weighted by molar-refractivity contribution is 5.15. The zero-order valence-corrected chi connectivity index (χ0v) is 6.40. The van der Waals surface area contributed by atoms with E-state index in [-0.39, 0.29) is 0 Å². The summed E-state index contributed by atoms with van der Waals surface area (Å²) in [5.41, 5.74) is 1.65. The van der Waals surface area contributed by atoms with Crippen LogP contribution in [0.2, 0.25) is 0 Å². The smallest absolute Gasteiger partial charge is 0.0180 e. The summed E-state index contributed by atoms with van der Waals surface area (Å²) in [6.45, 7) is 2.33. The van der Waals surface area contributed by atoms with Gasteiger partial charge in [0.25, 0.3) is 0 Å².